The van der Waals surface area contributed by atoms with Crippen LogP contribution in [0.1, 0.15) is 11.4 Å². The summed E-state index contributed by atoms with van der Waals surface area (Å²) in [6.45, 7) is 3.72. The average Bonchev–Trinajstić information content (AvgIpc) is 2.19. The van der Waals surface area contributed by atoms with Gasteiger partial charge in [0.15, 0.2) is 5.43 Å². The Morgan fingerprint density at radius 2 is 1.50 bits per heavy atom. The number of aryl methyl sites for hydroxylation is 2. The third kappa shape index (κ3) is 1.89. The molecule has 3 heteroatoms. The van der Waals surface area contributed by atoms with Crippen LogP contribution in [0.5, 0.6) is 0 Å². The summed E-state index contributed by atoms with van der Waals surface area (Å²) in [5.41, 5.74) is 2.54. The highest BCUT2D eigenvalue weighted by Gasteiger charge is 2.03. The van der Waals surface area contributed by atoms with E-state index in [1.807, 2.05) is 18.4 Å². The number of pyridine rings is 1. The minimum atomic E-state index is -0.264. The highest BCUT2D eigenvalue weighted by molar-refractivity contribution is 5.36. The van der Waals surface area contributed by atoms with Gasteiger partial charge in [-0.05, 0) is 38.1 Å². The second kappa shape index (κ2) is 3.93. The van der Waals surface area contributed by atoms with Gasteiger partial charge in [-0.2, -0.15) is 0 Å². The summed E-state index contributed by atoms with van der Waals surface area (Å²) in [7, 11) is 0. The van der Waals surface area contributed by atoms with Crippen molar-refractivity contribution in [1.29, 1.82) is 0 Å². The van der Waals surface area contributed by atoms with Gasteiger partial charge in [-0.1, -0.05) is 0 Å². The Morgan fingerprint density at radius 3 is 2.00 bits per heavy atom. The number of halogens is 1. The number of hydrogen-bond donors (Lipinski definition) is 0. The molecule has 0 atom stereocenters. The van der Waals surface area contributed by atoms with Crippen molar-refractivity contribution in [1.82, 2.24) is 4.57 Å². The smallest absolute Gasteiger partial charge is 0.182 e. The molecule has 1 heterocycles. The number of rotatable bonds is 1. The van der Waals surface area contributed by atoms with Gasteiger partial charge in [0, 0.05) is 29.2 Å². The van der Waals surface area contributed by atoms with Crippen molar-refractivity contribution in [2.75, 3.05) is 0 Å². The van der Waals surface area contributed by atoms with Crippen molar-refractivity contribution >= 4 is 0 Å². The monoisotopic (exact) mass is 217 g/mol. The van der Waals surface area contributed by atoms with E-state index in [1.165, 1.54) is 12.1 Å². The van der Waals surface area contributed by atoms with E-state index >= 15 is 0 Å². The molecule has 0 unspecified atom stereocenters. The largest absolute Gasteiger partial charge is 0.318 e. The van der Waals surface area contributed by atoms with Crippen molar-refractivity contribution < 1.29 is 4.39 Å². The van der Waals surface area contributed by atoms with E-state index < -0.39 is 0 Å². The molecule has 2 nitrogen and oxygen atoms in total. The molecule has 82 valence electrons. The highest BCUT2D eigenvalue weighted by Crippen LogP contribution is 2.13. The van der Waals surface area contributed by atoms with Crippen LogP contribution in [0.2, 0.25) is 0 Å². The van der Waals surface area contributed by atoms with E-state index in [0.29, 0.717) is 0 Å². The van der Waals surface area contributed by atoms with Crippen molar-refractivity contribution in [2.45, 2.75) is 13.8 Å². The van der Waals surface area contributed by atoms with Gasteiger partial charge in [-0.3, -0.25) is 4.79 Å². The molecule has 16 heavy (non-hydrogen) atoms. The molecule has 1 aromatic carbocycles. The Morgan fingerprint density at radius 1 is 1.00 bits per heavy atom. The Balaban J connectivity index is 2.64. The lowest BCUT2D eigenvalue weighted by atomic mass is 10.2. The van der Waals surface area contributed by atoms with Gasteiger partial charge in [0.05, 0.1) is 0 Å². The lowest BCUT2D eigenvalue weighted by Gasteiger charge is -2.13. The molecule has 1 aromatic heterocycles. The fraction of sp³-hybridized carbons (Fsp3) is 0.154. The van der Waals surface area contributed by atoms with Gasteiger partial charge < -0.3 is 4.57 Å². The first-order valence-electron chi connectivity index (χ1n) is 5.04. The van der Waals surface area contributed by atoms with Crippen LogP contribution < -0.4 is 5.43 Å². The second-order valence-corrected chi connectivity index (χ2v) is 3.79. The number of nitrogens with zero attached hydrogens (tertiary/aromatic N) is 1. The Kier molecular flexibility index (Phi) is 2.60. The first-order valence-corrected chi connectivity index (χ1v) is 5.04. The average molecular weight is 217 g/mol. The summed E-state index contributed by atoms with van der Waals surface area (Å²) >= 11 is 0. The Bertz CT molecular complexity index is 543. The third-order valence-electron chi connectivity index (χ3n) is 2.49. The lowest BCUT2D eigenvalue weighted by Crippen LogP contribution is -2.11. The van der Waals surface area contributed by atoms with Gasteiger partial charge in [-0.15, -0.1) is 0 Å². The van der Waals surface area contributed by atoms with Crippen LogP contribution in [0.4, 0.5) is 4.39 Å². The van der Waals surface area contributed by atoms with Crippen LogP contribution in [-0.4, -0.2) is 4.57 Å². The van der Waals surface area contributed by atoms with E-state index in [-0.39, 0.29) is 11.2 Å². The molecule has 0 saturated heterocycles. The molecule has 0 amide bonds. The predicted octanol–water partition coefficient (Wildman–Crippen LogP) is 2.59. The predicted molar refractivity (Wildman–Crippen MR) is 61.5 cm³/mol. The first-order chi connectivity index (χ1) is 7.58. The number of aromatic nitrogens is 1. The quantitative estimate of drug-likeness (QED) is 0.719. The van der Waals surface area contributed by atoms with E-state index in [9.17, 15) is 9.18 Å². The summed E-state index contributed by atoms with van der Waals surface area (Å²) in [6.07, 6.45) is 0. The molecule has 0 fully saturated rings. The van der Waals surface area contributed by atoms with Gasteiger partial charge in [0.1, 0.15) is 5.82 Å². The van der Waals surface area contributed by atoms with Crippen LogP contribution >= 0.6 is 0 Å². The van der Waals surface area contributed by atoms with E-state index in [0.717, 1.165) is 17.1 Å². The Labute approximate surface area is 93.0 Å². The molecule has 0 N–H and O–H groups in total. The number of benzene rings is 1. The van der Waals surface area contributed by atoms with Crippen LogP contribution in [0.3, 0.4) is 0 Å². The maximum absolute atomic E-state index is 12.8. The van der Waals surface area contributed by atoms with E-state index in [2.05, 4.69) is 0 Å². The maximum atomic E-state index is 12.8. The third-order valence-corrected chi connectivity index (χ3v) is 2.49. The van der Waals surface area contributed by atoms with Crippen molar-refractivity contribution in [3.63, 3.8) is 0 Å². The standard InChI is InChI=1S/C13H12FNO/c1-9-7-13(16)8-10(2)15(9)12-5-3-11(14)4-6-12/h3-8H,1-2H3. The minimum Gasteiger partial charge on any atom is -0.318 e. The summed E-state index contributed by atoms with van der Waals surface area (Å²) < 4.78 is 14.7. The Hall–Kier alpha value is -1.90. The molecule has 0 saturated carbocycles. The highest BCUT2D eigenvalue weighted by atomic mass is 19.1. The second-order valence-electron chi connectivity index (χ2n) is 3.79. The molecular formula is C13H12FNO. The van der Waals surface area contributed by atoms with Crippen LogP contribution in [0.15, 0.2) is 41.2 Å². The topological polar surface area (TPSA) is 22.0 Å². The van der Waals surface area contributed by atoms with Gasteiger partial charge in [0.25, 0.3) is 0 Å². The molecule has 0 aliphatic heterocycles. The first kappa shape index (κ1) is 10.6. The molecular weight excluding hydrogens is 205 g/mol. The molecule has 0 bridgehead atoms. The molecule has 0 aliphatic carbocycles. The molecule has 2 aromatic rings. The SMILES string of the molecule is Cc1cc(=O)cc(C)n1-c1ccc(F)cc1. The zero-order chi connectivity index (χ0) is 11.7. The van der Waals surface area contributed by atoms with Gasteiger partial charge >= 0.3 is 0 Å². The molecule has 2 rings (SSSR count). The van der Waals surface area contributed by atoms with Crippen molar-refractivity contribution in [2.24, 2.45) is 0 Å². The zero-order valence-corrected chi connectivity index (χ0v) is 9.20. The zero-order valence-electron chi connectivity index (χ0n) is 9.20. The minimum absolute atomic E-state index is 0.00615. The van der Waals surface area contributed by atoms with Gasteiger partial charge in [-0.25, -0.2) is 4.39 Å². The summed E-state index contributed by atoms with van der Waals surface area (Å²) in [6, 6.07) is 9.34. The normalized spacial score (nSPS) is 10.4. The fourth-order valence-corrected chi connectivity index (χ4v) is 1.86. The van der Waals surface area contributed by atoms with Crippen LogP contribution in [0, 0.1) is 19.7 Å². The van der Waals surface area contributed by atoms with Crippen LogP contribution in [-0.2, 0) is 0 Å². The van der Waals surface area contributed by atoms with Crippen molar-refractivity contribution in [3.8, 4) is 5.69 Å². The lowest BCUT2D eigenvalue weighted by molar-refractivity contribution is 0.627. The fourth-order valence-electron chi connectivity index (χ4n) is 1.86. The number of hydrogen-bond acceptors (Lipinski definition) is 1. The van der Waals surface area contributed by atoms with E-state index in [4.69, 9.17) is 0 Å². The van der Waals surface area contributed by atoms with Gasteiger partial charge in [0.2, 0.25) is 0 Å². The summed E-state index contributed by atoms with van der Waals surface area (Å²) in [5, 5.41) is 0. The van der Waals surface area contributed by atoms with E-state index in [1.54, 1.807) is 24.3 Å². The summed E-state index contributed by atoms with van der Waals surface area (Å²) in [5.74, 6) is -0.264. The van der Waals surface area contributed by atoms with Crippen LogP contribution in [0.25, 0.3) is 5.69 Å². The molecule has 0 radical (unpaired) electrons. The maximum Gasteiger partial charge on any atom is 0.182 e. The molecule has 0 aliphatic rings. The molecule has 0 spiro atoms. The van der Waals surface area contributed by atoms with Crippen molar-refractivity contribution in [3.05, 3.63) is 63.8 Å². The summed E-state index contributed by atoms with van der Waals surface area (Å²) in [4.78, 5) is 11.3.